The summed E-state index contributed by atoms with van der Waals surface area (Å²) in [6, 6.07) is 8.56. The molecule has 0 saturated heterocycles. The molecule has 3 atom stereocenters. The molecule has 1 radical (unpaired) electrons. The fourth-order valence-electron chi connectivity index (χ4n) is 6.14. The van der Waals surface area contributed by atoms with Crippen molar-refractivity contribution in [1.82, 2.24) is 0 Å². The fraction of sp³-hybridized carbons (Fsp3) is 0.543. The molecule has 44 heavy (non-hydrogen) atoms. The normalized spacial score (nSPS) is 20.0. The summed E-state index contributed by atoms with van der Waals surface area (Å²) < 4.78 is 0. The SMILES string of the molecule is CC(=O)[O-].CC(=O)[O-].CCCc1cc(C=NC2CC3CCC2(N=Cc2cc(CCC)cc(CC)c2O)C3)c(O)c(CC)c1.[Co+2]. The Morgan fingerprint density at radius 3 is 1.73 bits per heavy atom. The molecule has 0 aromatic heterocycles. The molecule has 0 spiro atoms. The number of phenolic OH excluding ortho intramolecular Hbond substituents is 2. The standard InChI is InChI=1S/C31H42N2O2.2C2H4O2.Co/c1-5-9-21-13-24(7-3)29(34)26(15-21)19-32-28-17-23-11-12-31(28,18-23)33-20-27-16-22(10-6-2)14-25(8-4)30(27)35;2*1-2(3)4;/h13-16,19-20,23,28,34-35H,5-12,17-18H2,1-4H3;2*1H3,(H,3,4);/q;;;+2/p-2. The quantitative estimate of drug-likeness (QED) is 0.362. The molecular weight excluding hydrogens is 603 g/mol. The summed E-state index contributed by atoms with van der Waals surface area (Å²) in [5.41, 5.74) is 5.97. The van der Waals surface area contributed by atoms with Gasteiger partial charge < -0.3 is 30.0 Å². The zero-order valence-corrected chi connectivity index (χ0v) is 28.0. The van der Waals surface area contributed by atoms with E-state index in [1.165, 1.54) is 17.5 Å². The summed E-state index contributed by atoms with van der Waals surface area (Å²) in [5, 5.41) is 39.4. The van der Waals surface area contributed by atoms with Crippen LogP contribution in [-0.2, 0) is 52.1 Å². The molecule has 0 heterocycles. The minimum atomic E-state index is -1.08. The Balaban J connectivity index is 0.000000962. The second kappa shape index (κ2) is 18.6. The fourth-order valence-corrected chi connectivity index (χ4v) is 6.14. The average molecular weight is 652 g/mol. The van der Waals surface area contributed by atoms with E-state index in [4.69, 9.17) is 29.8 Å². The molecule has 2 bridgehead atoms. The third-order valence-electron chi connectivity index (χ3n) is 8.05. The van der Waals surface area contributed by atoms with Gasteiger partial charge in [-0.2, -0.15) is 0 Å². The van der Waals surface area contributed by atoms with E-state index in [2.05, 4.69) is 52.0 Å². The molecule has 2 aromatic carbocycles. The van der Waals surface area contributed by atoms with Crippen molar-refractivity contribution >= 4 is 24.4 Å². The predicted octanol–water partition coefficient (Wildman–Crippen LogP) is 4.49. The van der Waals surface area contributed by atoms with E-state index < -0.39 is 11.9 Å². The Morgan fingerprint density at radius 2 is 1.32 bits per heavy atom. The molecule has 2 aromatic rings. The van der Waals surface area contributed by atoms with Crippen LogP contribution in [0, 0.1) is 5.92 Å². The van der Waals surface area contributed by atoms with Gasteiger partial charge in [-0.15, -0.1) is 0 Å². The molecule has 3 unspecified atom stereocenters. The first-order valence-electron chi connectivity index (χ1n) is 15.5. The van der Waals surface area contributed by atoms with Gasteiger partial charge in [0.25, 0.3) is 0 Å². The van der Waals surface area contributed by atoms with E-state index in [0.717, 1.165) is 93.9 Å². The summed E-state index contributed by atoms with van der Waals surface area (Å²) >= 11 is 0. The minimum absolute atomic E-state index is 0. The van der Waals surface area contributed by atoms with Crippen LogP contribution >= 0.6 is 0 Å². The van der Waals surface area contributed by atoms with E-state index >= 15 is 0 Å². The van der Waals surface area contributed by atoms with Crippen molar-refractivity contribution in [1.29, 1.82) is 0 Å². The molecular formula is C35H48CoN2O6. The van der Waals surface area contributed by atoms with Crippen LogP contribution in [0.4, 0.5) is 0 Å². The zero-order valence-electron chi connectivity index (χ0n) is 26.9. The number of aliphatic carboxylic acids is 2. The van der Waals surface area contributed by atoms with E-state index in [1.54, 1.807) is 0 Å². The topological polar surface area (TPSA) is 145 Å². The van der Waals surface area contributed by atoms with E-state index in [9.17, 15) is 10.2 Å². The maximum absolute atomic E-state index is 10.8. The molecule has 2 N–H and O–H groups in total. The number of carboxylic acids is 2. The molecule has 2 fully saturated rings. The number of hydrogen-bond donors (Lipinski definition) is 2. The van der Waals surface area contributed by atoms with E-state index in [-0.39, 0.29) is 28.4 Å². The summed E-state index contributed by atoms with van der Waals surface area (Å²) in [4.78, 5) is 28.0. The Kier molecular flexibility index (Phi) is 16.4. The summed E-state index contributed by atoms with van der Waals surface area (Å²) in [7, 11) is 0. The molecule has 243 valence electrons. The zero-order chi connectivity index (χ0) is 32.2. The number of nitrogens with zero attached hydrogens (tertiary/aromatic N) is 2. The van der Waals surface area contributed by atoms with Crippen molar-refractivity contribution < 1.29 is 46.8 Å². The first kappa shape index (κ1) is 38.9. The molecule has 8 nitrogen and oxygen atoms in total. The van der Waals surface area contributed by atoms with Crippen molar-refractivity contribution in [2.45, 2.75) is 117 Å². The van der Waals surface area contributed by atoms with Crippen molar-refractivity contribution in [3.63, 3.8) is 0 Å². The van der Waals surface area contributed by atoms with Gasteiger partial charge in [0.15, 0.2) is 0 Å². The second-order valence-corrected chi connectivity index (χ2v) is 11.6. The number of aryl methyl sites for hydroxylation is 4. The van der Waals surface area contributed by atoms with Gasteiger partial charge in [-0.25, -0.2) is 0 Å². The molecule has 2 aliphatic rings. The molecule has 2 saturated carbocycles. The van der Waals surface area contributed by atoms with Crippen molar-refractivity contribution in [2.24, 2.45) is 15.9 Å². The van der Waals surface area contributed by atoms with Crippen LogP contribution < -0.4 is 10.2 Å². The third-order valence-corrected chi connectivity index (χ3v) is 8.05. The average Bonchev–Trinajstić information content (AvgIpc) is 3.51. The number of rotatable bonds is 10. The van der Waals surface area contributed by atoms with Gasteiger partial charge in [0.05, 0.1) is 11.6 Å². The van der Waals surface area contributed by atoms with Gasteiger partial charge in [-0.3, -0.25) is 9.98 Å². The van der Waals surface area contributed by atoms with Crippen LogP contribution in [0.3, 0.4) is 0 Å². The molecule has 9 heteroatoms. The molecule has 2 aliphatic carbocycles. The number of benzene rings is 2. The van der Waals surface area contributed by atoms with Gasteiger partial charge >= 0.3 is 16.8 Å². The number of carboxylic acid groups (broad SMARTS) is 2. The Morgan fingerprint density at radius 1 is 0.864 bits per heavy atom. The van der Waals surface area contributed by atoms with Gasteiger partial charge in [-0.1, -0.05) is 52.7 Å². The maximum atomic E-state index is 10.8. The smallest absolute Gasteiger partial charge is 0.550 e. The first-order chi connectivity index (χ1) is 20.4. The Hall–Kier alpha value is -3.17. The predicted molar refractivity (Wildman–Crippen MR) is 168 cm³/mol. The van der Waals surface area contributed by atoms with Gasteiger partial charge in [-0.05, 0) is 106 Å². The Labute approximate surface area is 272 Å². The summed E-state index contributed by atoms with van der Waals surface area (Å²) in [5.74, 6) is -0.779. The van der Waals surface area contributed by atoms with Crippen molar-refractivity contribution in [3.8, 4) is 11.5 Å². The van der Waals surface area contributed by atoms with Crippen molar-refractivity contribution in [3.05, 3.63) is 57.6 Å². The molecule has 0 amide bonds. The maximum Gasteiger partial charge on any atom is 2.00 e. The van der Waals surface area contributed by atoms with Crippen LogP contribution in [0.25, 0.3) is 0 Å². The number of fused-ring (bicyclic) bond motifs is 2. The van der Waals surface area contributed by atoms with Crippen LogP contribution in [-0.4, -0.2) is 46.2 Å². The van der Waals surface area contributed by atoms with Crippen molar-refractivity contribution in [2.75, 3.05) is 0 Å². The Bertz CT molecular complexity index is 1290. The minimum Gasteiger partial charge on any atom is -0.550 e. The van der Waals surface area contributed by atoms with Gasteiger partial charge in [0.2, 0.25) is 0 Å². The van der Waals surface area contributed by atoms with Crippen LogP contribution in [0.1, 0.15) is 113 Å². The van der Waals surface area contributed by atoms with Crippen LogP contribution in [0.5, 0.6) is 11.5 Å². The van der Waals surface area contributed by atoms with Crippen LogP contribution in [0.2, 0.25) is 0 Å². The van der Waals surface area contributed by atoms with E-state index in [1.807, 2.05) is 12.4 Å². The summed E-state index contributed by atoms with van der Waals surface area (Å²) in [6.07, 6.45) is 13.9. The number of carbonyl (C=O) groups excluding carboxylic acids is 2. The first-order valence-corrected chi connectivity index (χ1v) is 15.5. The number of carbonyl (C=O) groups is 2. The van der Waals surface area contributed by atoms with Gasteiger partial charge in [0.1, 0.15) is 11.5 Å². The van der Waals surface area contributed by atoms with E-state index in [0.29, 0.717) is 17.4 Å². The number of phenols is 2. The second-order valence-electron chi connectivity index (χ2n) is 11.6. The number of aliphatic imine (C=N–C) groups is 2. The number of hydrogen-bond acceptors (Lipinski definition) is 8. The van der Waals surface area contributed by atoms with Gasteiger partial charge in [0, 0.05) is 35.5 Å². The third kappa shape index (κ3) is 11.1. The largest absolute Gasteiger partial charge is 2.00 e. The van der Waals surface area contributed by atoms with Crippen LogP contribution in [0.15, 0.2) is 34.3 Å². The molecule has 0 aliphatic heterocycles. The summed E-state index contributed by atoms with van der Waals surface area (Å²) in [6.45, 7) is 10.5. The monoisotopic (exact) mass is 651 g/mol. The number of aromatic hydroxyl groups is 2. The molecule has 4 rings (SSSR count).